The Balaban J connectivity index is 1.80. The molecule has 0 spiro atoms. The Labute approximate surface area is 187 Å². The van der Waals surface area contributed by atoms with Gasteiger partial charge in [-0.25, -0.2) is 12.8 Å². The number of piperidine rings is 1. The highest BCUT2D eigenvalue weighted by Gasteiger charge is 2.32. The summed E-state index contributed by atoms with van der Waals surface area (Å²) >= 11 is 0. The van der Waals surface area contributed by atoms with Gasteiger partial charge in [-0.2, -0.15) is 0 Å². The number of sulfonamides is 1. The molecule has 1 aliphatic rings. The summed E-state index contributed by atoms with van der Waals surface area (Å²) in [7, 11) is -4.06. The smallest absolute Gasteiger partial charge is 0.309 e. The van der Waals surface area contributed by atoms with E-state index in [1.165, 1.54) is 24.3 Å². The van der Waals surface area contributed by atoms with Crippen LogP contribution in [0.4, 0.5) is 10.1 Å². The first-order valence-corrected chi connectivity index (χ1v) is 12.0. The van der Waals surface area contributed by atoms with Gasteiger partial charge in [0.05, 0.1) is 23.1 Å². The molecule has 0 saturated carbocycles. The van der Waals surface area contributed by atoms with E-state index >= 15 is 0 Å². The number of anilines is 1. The number of rotatable bonds is 7. The SMILES string of the molecule is CCOC(=O)C1CCN(C(=O)CN(c2ccc(F)cc2)S(=O)(=O)c2ccc(C)cc2)CC1. The Morgan fingerprint density at radius 2 is 1.66 bits per heavy atom. The van der Waals surface area contributed by atoms with Crippen molar-refractivity contribution < 1.29 is 27.1 Å². The van der Waals surface area contributed by atoms with Crippen LogP contribution >= 0.6 is 0 Å². The van der Waals surface area contributed by atoms with Crippen molar-refractivity contribution in [1.29, 1.82) is 0 Å². The van der Waals surface area contributed by atoms with E-state index in [4.69, 9.17) is 4.74 Å². The van der Waals surface area contributed by atoms with Gasteiger partial charge in [-0.15, -0.1) is 0 Å². The van der Waals surface area contributed by atoms with Crippen LogP contribution < -0.4 is 4.31 Å². The second-order valence-corrected chi connectivity index (χ2v) is 9.57. The van der Waals surface area contributed by atoms with Crippen molar-refractivity contribution in [3.8, 4) is 0 Å². The third-order valence-corrected chi connectivity index (χ3v) is 7.26. The van der Waals surface area contributed by atoms with Gasteiger partial charge in [0.1, 0.15) is 12.4 Å². The predicted molar refractivity (Wildman–Crippen MR) is 118 cm³/mol. The number of hydrogen-bond donors (Lipinski definition) is 0. The van der Waals surface area contributed by atoms with E-state index in [0.717, 1.165) is 22.0 Å². The van der Waals surface area contributed by atoms with Crippen molar-refractivity contribution in [3.05, 3.63) is 59.9 Å². The molecule has 9 heteroatoms. The maximum atomic E-state index is 13.4. The fraction of sp³-hybridized carbons (Fsp3) is 0.391. The molecule has 2 aromatic carbocycles. The molecule has 0 unspecified atom stereocenters. The number of ether oxygens (including phenoxy) is 1. The van der Waals surface area contributed by atoms with Gasteiger partial charge in [0, 0.05) is 13.1 Å². The minimum absolute atomic E-state index is 0.0428. The molecule has 0 N–H and O–H groups in total. The number of aryl methyl sites for hydroxylation is 1. The van der Waals surface area contributed by atoms with Crippen molar-refractivity contribution in [3.63, 3.8) is 0 Å². The van der Waals surface area contributed by atoms with E-state index in [0.29, 0.717) is 32.5 Å². The average molecular weight is 463 g/mol. The van der Waals surface area contributed by atoms with E-state index in [9.17, 15) is 22.4 Å². The average Bonchev–Trinajstić information content (AvgIpc) is 2.78. The normalized spacial score (nSPS) is 14.8. The molecule has 0 atom stereocenters. The van der Waals surface area contributed by atoms with Crippen LogP contribution in [-0.4, -0.2) is 51.4 Å². The molecule has 0 aliphatic carbocycles. The number of halogens is 1. The lowest BCUT2D eigenvalue weighted by molar-refractivity contribution is -0.151. The molecule has 7 nitrogen and oxygen atoms in total. The summed E-state index contributed by atoms with van der Waals surface area (Å²) in [5, 5.41) is 0. The van der Waals surface area contributed by atoms with Crippen LogP contribution in [0.5, 0.6) is 0 Å². The van der Waals surface area contributed by atoms with Crippen molar-refractivity contribution in [2.45, 2.75) is 31.6 Å². The molecule has 3 rings (SSSR count). The molecule has 0 radical (unpaired) electrons. The van der Waals surface area contributed by atoms with Crippen LogP contribution in [0.25, 0.3) is 0 Å². The van der Waals surface area contributed by atoms with Crippen molar-refractivity contribution in [1.82, 2.24) is 4.90 Å². The summed E-state index contributed by atoms with van der Waals surface area (Å²) in [4.78, 5) is 26.5. The molecule has 1 aliphatic heterocycles. The fourth-order valence-corrected chi connectivity index (χ4v) is 5.02. The number of esters is 1. The molecule has 1 saturated heterocycles. The molecular weight excluding hydrogens is 435 g/mol. The zero-order chi connectivity index (χ0) is 23.3. The zero-order valence-corrected chi connectivity index (χ0v) is 19.0. The van der Waals surface area contributed by atoms with Gasteiger partial charge in [0.25, 0.3) is 10.0 Å². The summed E-state index contributed by atoms with van der Waals surface area (Å²) in [5.41, 5.74) is 1.10. The van der Waals surface area contributed by atoms with Crippen molar-refractivity contribution in [2.75, 3.05) is 30.5 Å². The monoisotopic (exact) mass is 462 g/mol. The Kier molecular flexibility index (Phi) is 7.50. The molecule has 2 aromatic rings. The van der Waals surface area contributed by atoms with E-state index in [2.05, 4.69) is 0 Å². The summed E-state index contributed by atoms with van der Waals surface area (Å²) in [6.45, 7) is 4.15. The van der Waals surface area contributed by atoms with Gasteiger partial charge < -0.3 is 9.64 Å². The Bertz CT molecular complexity index is 1050. The third kappa shape index (κ3) is 5.45. The quantitative estimate of drug-likeness (QED) is 0.591. The Morgan fingerprint density at radius 3 is 2.22 bits per heavy atom. The summed E-state index contributed by atoms with van der Waals surface area (Å²) in [5.74, 6) is -1.42. The Morgan fingerprint density at radius 1 is 1.06 bits per heavy atom. The number of amides is 1. The molecule has 1 amide bonds. The number of hydrogen-bond acceptors (Lipinski definition) is 5. The number of carbonyl (C=O) groups excluding carboxylic acids is 2. The number of carbonyl (C=O) groups is 2. The standard InChI is InChI=1S/C23H27FN2O5S/c1-3-31-23(28)18-12-14-25(15-13-18)22(27)16-26(20-8-6-19(24)7-9-20)32(29,30)21-10-4-17(2)5-11-21/h4-11,18H,3,12-16H2,1-2H3. The molecule has 1 fully saturated rings. The number of nitrogens with zero attached hydrogens (tertiary/aromatic N) is 2. The topological polar surface area (TPSA) is 84.0 Å². The van der Waals surface area contributed by atoms with E-state index in [1.807, 2.05) is 6.92 Å². The molecule has 32 heavy (non-hydrogen) atoms. The minimum Gasteiger partial charge on any atom is -0.466 e. The zero-order valence-electron chi connectivity index (χ0n) is 18.2. The van der Waals surface area contributed by atoms with E-state index < -0.39 is 22.4 Å². The van der Waals surface area contributed by atoms with Crippen molar-refractivity contribution >= 4 is 27.6 Å². The molecule has 0 bridgehead atoms. The number of likely N-dealkylation sites (tertiary alicyclic amines) is 1. The predicted octanol–water partition coefficient (Wildman–Crippen LogP) is 3.13. The Hall–Kier alpha value is -2.94. The first kappa shape index (κ1) is 23.7. The maximum Gasteiger partial charge on any atom is 0.309 e. The van der Waals surface area contributed by atoms with Crippen molar-refractivity contribution in [2.24, 2.45) is 5.92 Å². The van der Waals surface area contributed by atoms with Gasteiger partial charge in [-0.1, -0.05) is 17.7 Å². The minimum atomic E-state index is -4.06. The molecule has 1 heterocycles. The molecular formula is C23H27FN2O5S. The van der Waals surface area contributed by atoms with E-state index in [1.54, 1.807) is 24.0 Å². The first-order valence-electron chi connectivity index (χ1n) is 10.5. The number of benzene rings is 2. The van der Waals surface area contributed by atoms with E-state index in [-0.39, 0.29) is 28.4 Å². The van der Waals surface area contributed by atoms with Crippen LogP contribution in [0.3, 0.4) is 0 Å². The summed E-state index contributed by atoms with van der Waals surface area (Å²) < 4.78 is 46.2. The molecule has 172 valence electrons. The van der Waals surface area contributed by atoms with Gasteiger partial charge in [-0.05, 0) is 63.1 Å². The van der Waals surface area contributed by atoms with Crippen LogP contribution in [0, 0.1) is 18.7 Å². The lowest BCUT2D eigenvalue weighted by atomic mass is 9.97. The molecule has 0 aromatic heterocycles. The van der Waals surface area contributed by atoms with Gasteiger partial charge >= 0.3 is 5.97 Å². The first-order chi connectivity index (χ1) is 15.2. The highest BCUT2D eigenvalue weighted by Crippen LogP contribution is 2.25. The van der Waals surface area contributed by atoms with Crippen LogP contribution in [0.2, 0.25) is 0 Å². The van der Waals surface area contributed by atoms with Crippen LogP contribution in [-0.2, 0) is 24.3 Å². The third-order valence-electron chi connectivity index (χ3n) is 5.47. The van der Waals surface area contributed by atoms with Gasteiger partial charge in [-0.3, -0.25) is 13.9 Å². The lowest BCUT2D eigenvalue weighted by Gasteiger charge is -2.33. The highest BCUT2D eigenvalue weighted by molar-refractivity contribution is 7.92. The summed E-state index contributed by atoms with van der Waals surface area (Å²) in [6, 6.07) is 11.3. The summed E-state index contributed by atoms with van der Waals surface area (Å²) in [6.07, 6.45) is 0.928. The maximum absolute atomic E-state index is 13.4. The van der Waals surface area contributed by atoms with Gasteiger partial charge in [0.15, 0.2) is 0 Å². The second-order valence-electron chi connectivity index (χ2n) is 7.71. The fourth-order valence-electron chi connectivity index (χ4n) is 3.61. The second kappa shape index (κ2) is 10.1. The largest absolute Gasteiger partial charge is 0.466 e. The van der Waals surface area contributed by atoms with Crippen LogP contribution in [0.15, 0.2) is 53.4 Å². The van der Waals surface area contributed by atoms with Gasteiger partial charge in [0.2, 0.25) is 5.91 Å². The highest BCUT2D eigenvalue weighted by atomic mass is 32.2. The lowest BCUT2D eigenvalue weighted by Crippen LogP contribution is -2.46. The van der Waals surface area contributed by atoms with Crippen LogP contribution in [0.1, 0.15) is 25.3 Å².